The first-order chi connectivity index (χ1) is 17.1. The lowest BCUT2D eigenvalue weighted by molar-refractivity contribution is -0.170. The van der Waals surface area contributed by atoms with E-state index in [0.29, 0.717) is 0 Å². The van der Waals surface area contributed by atoms with E-state index in [0.717, 1.165) is 37.7 Å². The van der Waals surface area contributed by atoms with Crippen molar-refractivity contribution in [3.05, 3.63) is 35.9 Å². The molecular weight excluding hydrogens is 512 g/mol. The summed E-state index contributed by atoms with van der Waals surface area (Å²) in [5.74, 6) is -0.750. The fourth-order valence-corrected chi connectivity index (χ4v) is 5.06. The molecule has 1 aliphatic carbocycles. The molecule has 0 radical (unpaired) electrons. The minimum atomic E-state index is -3.81. The van der Waals surface area contributed by atoms with Gasteiger partial charge in [-0.15, -0.1) is 11.6 Å². The van der Waals surface area contributed by atoms with Crippen LogP contribution in [0.4, 0.5) is 4.79 Å². The molecule has 0 heterocycles. The first-order valence-corrected chi connectivity index (χ1v) is 14.3. The van der Waals surface area contributed by atoms with E-state index in [4.69, 9.17) is 34.7 Å². The highest BCUT2D eigenvalue weighted by Gasteiger charge is 2.39. The highest BCUT2D eigenvalue weighted by Crippen LogP contribution is 2.27. The highest BCUT2D eigenvalue weighted by molar-refractivity contribution is 7.86. The number of carbonyl (C=O) groups is 2. The van der Waals surface area contributed by atoms with Crippen LogP contribution >= 0.6 is 11.6 Å². The Morgan fingerprint density at radius 2 is 1.72 bits per heavy atom. The first kappa shape index (κ1) is 30.3. The number of halogens is 1. The van der Waals surface area contributed by atoms with Crippen LogP contribution in [-0.4, -0.2) is 64.2 Å². The van der Waals surface area contributed by atoms with E-state index in [2.05, 4.69) is 0 Å². The van der Waals surface area contributed by atoms with Gasteiger partial charge in [-0.3, -0.25) is 4.18 Å². The molecule has 0 spiro atoms. The minimum absolute atomic E-state index is 0.104. The summed E-state index contributed by atoms with van der Waals surface area (Å²) in [5, 5.41) is 0. The Balaban J connectivity index is 1.91. The molecule has 0 bridgehead atoms. The molecule has 0 aromatic heterocycles. The van der Waals surface area contributed by atoms with Gasteiger partial charge in [0.1, 0.15) is 19.3 Å². The van der Waals surface area contributed by atoms with Crippen LogP contribution in [0.25, 0.3) is 0 Å². The number of alkyl halides is 1. The van der Waals surface area contributed by atoms with Crippen molar-refractivity contribution in [2.75, 3.05) is 31.5 Å². The maximum Gasteiger partial charge on any atom is 0.508 e. The summed E-state index contributed by atoms with van der Waals surface area (Å²) >= 11 is 5.58. The minimum Gasteiger partial charge on any atom is -0.460 e. The largest absolute Gasteiger partial charge is 0.508 e. The number of hydrogen-bond acceptors (Lipinski definition) is 9. The summed E-state index contributed by atoms with van der Waals surface area (Å²) < 4.78 is 50.9. The Kier molecular flexibility index (Phi) is 13.0. The van der Waals surface area contributed by atoms with Crippen LogP contribution < -0.4 is 0 Å². The third-order valence-electron chi connectivity index (χ3n) is 5.68. The van der Waals surface area contributed by atoms with Crippen LogP contribution in [-0.2, 0) is 44.7 Å². The van der Waals surface area contributed by atoms with Crippen LogP contribution in [0.2, 0.25) is 0 Å². The number of rotatable bonds is 15. The zero-order chi connectivity index (χ0) is 26.4. The molecule has 0 amide bonds. The van der Waals surface area contributed by atoms with Gasteiger partial charge < -0.3 is 18.9 Å². The molecule has 204 valence electrons. The third-order valence-corrected chi connectivity index (χ3v) is 7.22. The molecule has 1 aliphatic rings. The Bertz CT molecular complexity index is 899. The summed E-state index contributed by atoms with van der Waals surface area (Å²) in [5.41, 5.74) is -0.226. The Labute approximate surface area is 218 Å². The van der Waals surface area contributed by atoms with Crippen LogP contribution in [0.5, 0.6) is 0 Å². The topological polar surface area (TPSA) is 114 Å². The van der Waals surface area contributed by atoms with E-state index < -0.39 is 33.8 Å². The number of ether oxygens (including phenoxy) is 4. The first-order valence-electron chi connectivity index (χ1n) is 12.2. The van der Waals surface area contributed by atoms with Crippen molar-refractivity contribution in [3.8, 4) is 0 Å². The molecule has 0 aliphatic heterocycles. The van der Waals surface area contributed by atoms with Gasteiger partial charge in [-0.2, -0.15) is 8.42 Å². The normalized spacial score (nSPS) is 15.8. The van der Waals surface area contributed by atoms with Gasteiger partial charge >= 0.3 is 12.1 Å². The molecule has 0 N–H and O–H groups in total. The third kappa shape index (κ3) is 11.5. The van der Waals surface area contributed by atoms with Gasteiger partial charge in [0, 0.05) is 11.3 Å². The maximum absolute atomic E-state index is 12.9. The van der Waals surface area contributed by atoms with E-state index in [1.807, 2.05) is 30.3 Å². The number of esters is 1. The number of carbonyl (C=O) groups excluding carboxylic acids is 2. The van der Waals surface area contributed by atoms with Gasteiger partial charge in [0.2, 0.25) is 0 Å². The zero-order valence-corrected chi connectivity index (χ0v) is 22.6. The summed E-state index contributed by atoms with van der Waals surface area (Å²) in [7, 11) is -3.81. The Hall–Kier alpha value is -1.88. The molecule has 1 saturated carbocycles. The van der Waals surface area contributed by atoms with Crippen molar-refractivity contribution < 1.29 is 41.1 Å². The van der Waals surface area contributed by atoms with Gasteiger partial charge in [-0.25, -0.2) is 9.59 Å². The molecule has 2 rings (SSSR count). The van der Waals surface area contributed by atoms with E-state index in [1.165, 1.54) is 0 Å². The quantitative estimate of drug-likeness (QED) is 0.134. The van der Waals surface area contributed by atoms with Crippen molar-refractivity contribution in [3.63, 3.8) is 0 Å². The summed E-state index contributed by atoms with van der Waals surface area (Å²) in [6.45, 7) is 2.74. The summed E-state index contributed by atoms with van der Waals surface area (Å²) in [4.78, 5) is 24.8. The second-order valence-corrected chi connectivity index (χ2v) is 11.5. The lowest BCUT2D eigenvalue weighted by atomic mass is 9.87. The van der Waals surface area contributed by atoms with Gasteiger partial charge in [-0.1, -0.05) is 50.6 Å². The average Bonchev–Trinajstić information content (AvgIpc) is 2.85. The summed E-state index contributed by atoms with van der Waals surface area (Å²) in [6, 6.07) is 9.22. The SMILES string of the molecule is CC(C)(COS(=O)(=O)CCCCl)[C@@H](OCc1ccccc1)C(=O)OCCOC(=O)OC1CCCCC1. The van der Waals surface area contributed by atoms with Gasteiger partial charge in [0.25, 0.3) is 10.1 Å². The predicted molar refractivity (Wildman–Crippen MR) is 134 cm³/mol. The molecule has 36 heavy (non-hydrogen) atoms. The van der Waals surface area contributed by atoms with E-state index >= 15 is 0 Å². The van der Waals surface area contributed by atoms with Gasteiger partial charge in [-0.05, 0) is 37.7 Å². The highest BCUT2D eigenvalue weighted by atomic mass is 35.5. The Morgan fingerprint density at radius 3 is 2.39 bits per heavy atom. The lowest BCUT2D eigenvalue weighted by Gasteiger charge is -2.32. The van der Waals surface area contributed by atoms with E-state index in [-0.39, 0.29) is 50.6 Å². The molecular formula is C25H37ClO9S. The lowest BCUT2D eigenvalue weighted by Crippen LogP contribution is -2.44. The molecule has 1 aromatic rings. The predicted octanol–water partition coefficient (Wildman–Crippen LogP) is 4.60. The second kappa shape index (κ2) is 15.4. The van der Waals surface area contributed by atoms with Crippen molar-refractivity contribution >= 4 is 33.8 Å². The molecule has 9 nitrogen and oxygen atoms in total. The fourth-order valence-electron chi connectivity index (χ4n) is 3.67. The van der Waals surface area contributed by atoms with Crippen LogP contribution in [0.3, 0.4) is 0 Å². The molecule has 1 atom stereocenters. The average molecular weight is 549 g/mol. The zero-order valence-electron chi connectivity index (χ0n) is 21.0. The fraction of sp³-hybridized carbons (Fsp3) is 0.680. The van der Waals surface area contributed by atoms with Gasteiger partial charge in [0.15, 0.2) is 6.10 Å². The van der Waals surface area contributed by atoms with Crippen molar-refractivity contribution in [1.82, 2.24) is 0 Å². The maximum atomic E-state index is 12.9. The molecule has 11 heteroatoms. The number of hydrogen-bond donors (Lipinski definition) is 0. The molecule has 1 fully saturated rings. The van der Waals surface area contributed by atoms with Crippen LogP contribution in [0, 0.1) is 5.41 Å². The molecule has 1 aromatic carbocycles. The monoisotopic (exact) mass is 548 g/mol. The standard InChI is InChI=1S/C25H37ClO9S/c1-25(2,19-34-36(29,30)17-9-14-26)22(33-18-20-10-5-3-6-11-20)23(27)31-15-16-32-24(28)35-21-12-7-4-8-13-21/h3,5-6,10-11,21-22H,4,7-9,12-19H2,1-2H3/t22-/m0/s1. The molecule has 0 unspecified atom stereocenters. The van der Waals surface area contributed by atoms with E-state index in [1.54, 1.807) is 13.8 Å². The smallest absolute Gasteiger partial charge is 0.460 e. The second-order valence-electron chi connectivity index (χ2n) is 9.38. The van der Waals surface area contributed by atoms with Gasteiger partial charge in [0.05, 0.1) is 19.0 Å². The van der Waals surface area contributed by atoms with E-state index in [9.17, 15) is 18.0 Å². The Morgan fingerprint density at radius 1 is 1.06 bits per heavy atom. The van der Waals surface area contributed by atoms with Crippen LogP contribution in [0.15, 0.2) is 30.3 Å². The molecule has 0 saturated heterocycles. The summed E-state index contributed by atoms with van der Waals surface area (Å²) in [6.07, 6.45) is 3.02. The van der Waals surface area contributed by atoms with Crippen molar-refractivity contribution in [2.24, 2.45) is 5.41 Å². The number of benzene rings is 1. The van der Waals surface area contributed by atoms with Crippen LogP contribution in [0.1, 0.15) is 57.9 Å². The van der Waals surface area contributed by atoms with Crippen molar-refractivity contribution in [1.29, 1.82) is 0 Å². The van der Waals surface area contributed by atoms with Crippen molar-refractivity contribution in [2.45, 2.75) is 71.2 Å².